The standard InChI is InChI=1S/C17H27NO3/c1-13(8-11-19)6-5-9-17(2)10-7-15(20)14(17)12-16(21)18(3)4/h5,8-9,12,15,19-20H,6-7,10-11H2,1-4H3/b9-5+,13-8+,14-12+/t15-,17-/m1/s1. The predicted octanol–water partition coefficient (Wildman–Crippen LogP) is 2.05. The molecule has 1 rings (SSSR count). The molecule has 1 amide bonds. The van der Waals surface area contributed by atoms with Crippen LogP contribution in [0.4, 0.5) is 0 Å². The quantitative estimate of drug-likeness (QED) is 0.602. The maximum atomic E-state index is 11.9. The number of likely N-dealkylation sites (N-methyl/N-ethyl adjacent to an activating group) is 1. The Morgan fingerprint density at radius 1 is 1.48 bits per heavy atom. The number of aliphatic hydroxyl groups is 2. The zero-order valence-corrected chi connectivity index (χ0v) is 13.5. The molecular formula is C17H27NO3. The van der Waals surface area contributed by atoms with Gasteiger partial charge >= 0.3 is 0 Å². The molecule has 4 nitrogen and oxygen atoms in total. The van der Waals surface area contributed by atoms with Crippen LogP contribution in [0.1, 0.15) is 33.1 Å². The van der Waals surface area contributed by atoms with Gasteiger partial charge in [0.1, 0.15) is 0 Å². The lowest BCUT2D eigenvalue weighted by Gasteiger charge is -2.23. The zero-order chi connectivity index (χ0) is 16.0. The maximum Gasteiger partial charge on any atom is 0.246 e. The molecule has 2 N–H and O–H groups in total. The molecule has 1 fully saturated rings. The normalized spacial score (nSPS) is 28.6. The summed E-state index contributed by atoms with van der Waals surface area (Å²) in [5, 5.41) is 19.0. The largest absolute Gasteiger partial charge is 0.392 e. The van der Waals surface area contributed by atoms with Crippen LogP contribution in [0.25, 0.3) is 0 Å². The van der Waals surface area contributed by atoms with Gasteiger partial charge in [-0.1, -0.05) is 30.7 Å². The number of amides is 1. The van der Waals surface area contributed by atoms with Gasteiger partial charge in [0.05, 0.1) is 12.7 Å². The van der Waals surface area contributed by atoms with Crippen molar-refractivity contribution >= 4 is 5.91 Å². The monoisotopic (exact) mass is 293 g/mol. The second kappa shape index (κ2) is 7.57. The number of hydrogen-bond donors (Lipinski definition) is 2. The van der Waals surface area contributed by atoms with E-state index in [1.54, 1.807) is 26.2 Å². The summed E-state index contributed by atoms with van der Waals surface area (Å²) in [4.78, 5) is 13.4. The van der Waals surface area contributed by atoms with Crippen molar-refractivity contribution in [2.24, 2.45) is 5.41 Å². The van der Waals surface area contributed by atoms with E-state index in [0.717, 1.165) is 24.0 Å². The van der Waals surface area contributed by atoms with Crippen molar-refractivity contribution < 1.29 is 15.0 Å². The topological polar surface area (TPSA) is 60.8 Å². The molecule has 118 valence electrons. The van der Waals surface area contributed by atoms with Crippen LogP contribution < -0.4 is 0 Å². The summed E-state index contributed by atoms with van der Waals surface area (Å²) in [7, 11) is 3.41. The highest BCUT2D eigenvalue weighted by Gasteiger charge is 2.37. The van der Waals surface area contributed by atoms with Gasteiger partial charge in [0, 0.05) is 25.6 Å². The third-order valence-corrected chi connectivity index (χ3v) is 4.04. The Morgan fingerprint density at radius 2 is 2.14 bits per heavy atom. The fourth-order valence-corrected chi connectivity index (χ4v) is 2.56. The Bertz CT molecular complexity index is 463. The number of carbonyl (C=O) groups is 1. The van der Waals surface area contributed by atoms with E-state index < -0.39 is 6.10 Å². The van der Waals surface area contributed by atoms with E-state index in [2.05, 4.69) is 13.0 Å². The average Bonchev–Trinajstić information content (AvgIpc) is 2.67. The molecule has 0 heterocycles. The Balaban J connectivity index is 2.89. The summed E-state index contributed by atoms with van der Waals surface area (Å²) >= 11 is 0. The Morgan fingerprint density at radius 3 is 2.71 bits per heavy atom. The van der Waals surface area contributed by atoms with Gasteiger partial charge in [-0.15, -0.1) is 0 Å². The number of nitrogens with zero attached hydrogens (tertiary/aromatic N) is 1. The van der Waals surface area contributed by atoms with Gasteiger partial charge in [0.2, 0.25) is 5.91 Å². The van der Waals surface area contributed by atoms with Crippen LogP contribution in [0.5, 0.6) is 0 Å². The first-order chi connectivity index (χ1) is 9.80. The van der Waals surface area contributed by atoms with Crippen molar-refractivity contribution in [2.45, 2.75) is 39.2 Å². The van der Waals surface area contributed by atoms with Crippen molar-refractivity contribution in [1.82, 2.24) is 4.90 Å². The molecule has 0 radical (unpaired) electrons. The summed E-state index contributed by atoms with van der Waals surface area (Å²) in [6, 6.07) is 0. The maximum absolute atomic E-state index is 11.9. The second-order valence-electron chi connectivity index (χ2n) is 6.14. The van der Waals surface area contributed by atoms with Crippen molar-refractivity contribution in [2.75, 3.05) is 20.7 Å². The van der Waals surface area contributed by atoms with Gasteiger partial charge in [-0.25, -0.2) is 0 Å². The molecule has 0 spiro atoms. The summed E-state index contributed by atoms with van der Waals surface area (Å²) in [5.41, 5.74) is 1.62. The lowest BCUT2D eigenvalue weighted by atomic mass is 9.83. The minimum Gasteiger partial charge on any atom is -0.392 e. The molecule has 0 aromatic rings. The van der Waals surface area contributed by atoms with Crippen LogP contribution >= 0.6 is 0 Å². The molecule has 1 saturated carbocycles. The highest BCUT2D eigenvalue weighted by molar-refractivity contribution is 5.88. The molecular weight excluding hydrogens is 266 g/mol. The van der Waals surface area contributed by atoms with Crippen molar-refractivity contribution in [1.29, 1.82) is 0 Å². The predicted molar refractivity (Wildman–Crippen MR) is 84.7 cm³/mol. The summed E-state index contributed by atoms with van der Waals surface area (Å²) in [5.74, 6) is -0.0954. The van der Waals surface area contributed by atoms with Crippen LogP contribution in [0.2, 0.25) is 0 Å². The first kappa shape index (κ1) is 17.7. The molecule has 0 aromatic heterocycles. The van der Waals surface area contributed by atoms with Gasteiger partial charge in [-0.05, 0) is 31.8 Å². The highest BCUT2D eigenvalue weighted by Crippen LogP contribution is 2.44. The fourth-order valence-electron chi connectivity index (χ4n) is 2.56. The lowest BCUT2D eigenvalue weighted by molar-refractivity contribution is -0.123. The van der Waals surface area contributed by atoms with E-state index in [1.165, 1.54) is 4.90 Å². The summed E-state index contributed by atoms with van der Waals surface area (Å²) in [6.07, 6.45) is 9.21. The molecule has 4 heteroatoms. The van der Waals surface area contributed by atoms with Gasteiger partial charge in [-0.3, -0.25) is 4.79 Å². The summed E-state index contributed by atoms with van der Waals surface area (Å²) in [6.45, 7) is 4.08. The minimum absolute atomic E-state index is 0.0537. The molecule has 1 aliphatic carbocycles. The number of hydrogen-bond acceptors (Lipinski definition) is 3. The van der Waals surface area contributed by atoms with Crippen LogP contribution in [-0.2, 0) is 4.79 Å². The summed E-state index contributed by atoms with van der Waals surface area (Å²) < 4.78 is 0. The zero-order valence-electron chi connectivity index (χ0n) is 13.5. The van der Waals surface area contributed by atoms with Gasteiger partial charge in [-0.2, -0.15) is 0 Å². The van der Waals surface area contributed by atoms with Gasteiger partial charge < -0.3 is 15.1 Å². The van der Waals surface area contributed by atoms with E-state index >= 15 is 0 Å². The third kappa shape index (κ3) is 4.83. The molecule has 1 aliphatic rings. The lowest BCUT2D eigenvalue weighted by Crippen LogP contribution is -2.23. The molecule has 0 saturated heterocycles. The van der Waals surface area contributed by atoms with E-state index in [9.17, 15) is 9.90 Å². The molecule has 2 atom stereocenters. The number of aliphatic hydroxyl groups excluding tert-OH is 2. The Labute approximate surface area is 127 Å². The number of carbonyl (C=O) groups excluding carboxylic acids is 1. The van der Waals surface area contributed by atoms with Crippen LogP contribution in [0.15, 0.2) is 35.5 Å². The molecule has 0 aromatic carbocycles. The van der Waals surface area contributed by atoms with Gasteiger partial charge in [0.25, 0.3) is 0 Å². The van der Waals surface area contributed by atoms with Crippen molar-refractivity contribution in [3.63, 3.8) is 0 Å². The van der Waals surface area contributed by atoms with Crippen LogP contribution in [0, 0.1) is 5.41 Å². The fraction of sp³-hybridized carbons (Fsp3) is 0.588. The van der Waals surface area contributed by atoms with E-state index in [4.69, 9.17) is 5.11 Å². The highest BCUT2D eigenvalue weighted by atomic mass is 16.3. The first-order valence-electron chi connectivity index (χ1n) is 7.36. The Kier molecular flexibility index (Phi) is 6.37. The Hall–Kier alpha value is -1.39. The number of allylic oxidation sites excluding steroid dienone is 3. The smallest absolute Gasteiger partial charge is 0.246 e. The molecule has 0 aliphatic heterocycles. The molecule has 0 unspecified atom stereocenters. The van der Waals surface area contributed by atoms with Crippen molar-refractivity contribution in [3.8, 4) is 0 Å². The van der Waals surface area contributed by atoms with Crippen LogP contribution in [0.3, 0.4) is 0 Å². The first-order valence-corrected chi connectivity index (χ1v) is 7.36. The third-order valence-electron chi connectivity index (χ3n) is 4.04. The second-order valence-corrected chi connectivity index (χ2v) is 6.14. The van der Waals surface area contributed by atoms with E-state index in [1.807, 2.05) is 13.0 Å². The SMILES string of the molecule is C/C(=C\CO)C/C=C/[C@]1(C)CC[C@@H](O)/C1=C\C(=O)N(C)C. The van der Waals surface area contributed by atoms with Gasteiger partial charge in [0.15, 0.2) is 0 Å². The molecule has 21 heavy (non-hydrogen) atoms. The minimum atomic E-state index is -0.544. The average molecular weight is 293 g/mol. The molecule has 0 bridgehead atoms. The van der Waals surface area contributed by atoms with Crippen LogP contribution in [-0.4, -0.2) is 47.8 Å². The van der Waals surface area contributed by atoms with Crippen molar-refractivity contribution in [3.05, 3.63) is 35.5 Å². The van der Waals surface area contributed by atoms with E-state index in [0.29, 0.717) is 6.42 Å². The van der Waals surface area contributed by atoms with E-state index in [-0.39, 0.29) is 17.9 Å². The number of rotatable bonds is 5.